The first-order valence-electron chi connectivity index (χ1n) is 16.1. The zero-order valence-corrected chi connectivity index (χ0v) is 26.0. The summed E-state index contributed by atoms with van der Waals surface area (Å²) in [5, 5.41) is 7.75. The molecule has 0 bridgehead atoms. The summed E-state index contributed by atoms with van der Waals surface area (Å²) >= 11 is 0. The third-order valence-corrected chi connectivity index (χ3v) is 10.0. The molecular formula is C45H33N. The minimum Gasteiger partial charge on any atom is -0.310 e. The Kier molecular flexibility index (Phi) is 5.92. The van der Waals surface area contributed by atoms with Crippen LogP contribution in [-0.4, -0.2) is 0 Å². The van der Waals surface area contributed by atoms with E-state index in [4.69, 9.17) is 0 Å². The maximum absolute atomic E-state index is 2.42. The van der Waals surface area contributed by atoms with E-state index in [0.29, 0.717) is 0 Å². The van der Waals surface area contributed by atoms with Gasteiger partial charge in [0.15, 0.2) is 0 Å². The zero-order chi connectivity index (χ0) is 30.8. The van der Waals surface area contributed by atoms with Crippen molar-refractivity contribution >= 4 is 49.4 Å². The number of para-hydroxylation sites is 1. The lowest BCUT2D eigenvalue weighted by atomic mass is 9.82. The van der Waals surface area contributed by atoms with Crippen LogP contribution in [0.4, 0.5) is 17.1 Å². The van der Waals surface area contributed by atoms with Gasteiger partial charge in [-0.25, -0.2) is 0 Å². The zero-order valence-electron chi connectivity index (χ0n) is 26.0. The fraction of sp³-hybridized carbons (Fsp3) is 0.0667. The van der Waals surface area contributed by atoms with Gasteiger partial charge in [-0.3, -0.25) is 0 Å². The van der Waals surface area contributed by atoms with Gasteiger partial charge in [-0.05, 0) is 90.5 Å². The van der Waals surface area contributed by atoms with Crippen molar-refractivity contribution in [3.05, 3.63) is 175 Å². The molecule has 0 spiro atoms. The number of rotatable bonds is 4. The van der Waals surface area contributed by atoms with Crippen molar-refractivity contribution in [2.75, 3.05) is 4.90 Å². The summed E-state index contributed by atoms with van der Waals surface area (Å²) in [4.78, 5) is 2.42. The summed E-state index contributed by atoms with van der Waals surface area (Å²) in [6.07, 6.45) is 0. The molecular weight excluding hydrogens is 555 g/mol. The summed E-state index contributed by atoms with van der Waals surface area (Å²) in [7, 11) is 0. The summed E-state index contributed by atoms with van der Waals surface area (Å²) in [5.74, 6) is 0. The number of benzene rings is 8. The molecule has 218 valence electrons. The Labute approximate surface area is 270 Å². The Morgan fingerprint density at radius 2 is 1.04 bits per heavy atom. The maximum Gasteiger partial charge on any atom is 0.0543 e. The second-order valence-corrected chi connectivity index (χ2v) is 12.9. The first kappa shape index (κ1) is 26.7. The Bertz CT molecular complexity index is 2430. The quantitative estimate of drug-likeness (QED) is 0.185. The first-order valence-corrected chi connectivity index (χ1v) is 16.1. The van der Waals surface area contributed by atoms with Crippen molar-refractivity contribution in [2.45, 2.75) is 19.3 Å². The Balaban J connectivity index is 1.21. The van der Waals surface area contributed by atoms with Crippen LogP contribution in [0.15, 0.2) is 164 Å². The molecule has 46 heavy (non-hydrogen) atoms. The van der Waals surface area contributed by atoms with Crippen LogP contribution in [0.3, 0.4) is 0 Å². The highest BCUT2D eigenvalue weighted by atomic mass is 15.1. The minimum atomic E-state index is -0.0575. The maximum atomic E-state index is 2.42. The highest BCUT2D eigenvalue weighted by Gasteiger charge is 2.37. The van der Waals surface area contributed by atoms with Crippen LogP contribution in [0, 0.1) is 0 Å². The SMILES string of the molecule is CC1(C)c2ccccc2-c2c(N(c3ccccc3)c3ccc(-c4cccc5c4ccc4ccc6ccccc6c45)cc3)cccc21. The lowest BCUT2D eigenvalue weighted by molar-refractivity contribution is 0.660. The fourth-order valence-electron chi connectivity index (χ4n) is 7.83. The molecule has 0 fully saturated rings. The molecule has 0 heterocycles. The average molecular weight is 588 g/mol. The lowest BCUT2D eigenvalue weighted by Crippen LogP contribution is -2.16. The smallest absolute Gasteiger partial charge is 0.0543 e. The van der Waals surface area contributed by atoms with E-state index in [2.05, 4.69) is 183 Å². The van der Waals surface area contributed by atoms with Crippen LogP contribution < -0.4 is 4.90 Å². The van der Waals surface area contributed by atoms with Crippen molar-refractivity contribution in [2.24, 2.45) is 0 Å². The van der Waals surface area contributed by atoms with Crippen LogP contribution >= 0.6 is 0 Å². The molecule has 1 nitrogen and oxygen atoms in total. The third kappa shape index (κ3) is 3.95. The summed E-state index contributed by atoms with van der Waals surface area (Å²) in [5.41, 5.74) is 11.3. The van der Waals surface area contributed by atoms with E-state index in [9.17, 15) is 0 Å². The van der Waals surface area contributed by atoms with E-state index >= 15 is 0 Å². The van der Waals surface area contributed by atoms with Gasteiger partial charge < -0.3 is 4.90 Å². The van der Waals surface area contributed by atoms with Crippen LogP contribution in [0.25, 0.3) is 54.6 Å². The molecule has 8 aromatic rings. The van der Waals surface area contributed by atoms with E-state index in [-0.39, 0.29) is 5.41 Å². The van der Waals surface area contributed by atoms with Crippen molar-refractivity contribution in [1.29, 1.82) is 0 Å². The predicted molar refractivity (Wildman–Crippen MR) is 197 cm³/mol. The molecule has 1 heteroatoms. The van der Waals surface area contributed by atoms with E-state index in [0.717, 1.165) is 11.4 Å². The van der Waals surface area contributed by atoms with Crippen LogP contribution in [0.1, 0.15) is 25.0 Å². The second kappa shape index (κ2) is 10.2. The van der Waals surface area contributed by atoms with Crippen molar-refractivity contribution in [3.63, 3.8) is 0 Å². The molecule has 0 saturated carbocycles. The molecule has 0 atom stereocenters. The number of fused-ring (bicyclic) bond motifs is 8. The third-order valence-electron chi connectivity index (χ3n) is 10.0. The van der Waals surface area contributed by atoms with Gasteiger partial charge in [-0.2, -0.15) is 0 Å². The molecule has 0 aliphatic heterocycles. The standard InChI is InChI=1S/C45H33N/c1-45(2)40-19-9-8-16-39(40)44-41(45)20-11-21-42(44)46(33-13-4-3-5-14-33)34-27-24-31(25-28-34)35-17-10-18-38-37(35)29-26-32-23-22-30-12-6-7-15-36(30)43(32)38/h3-29H,1-2H3. The van der Waals surface area contributed by atoms with E-state index < -0.39 is 0 Å². The summed E-state index contributed by atoms with van der Waals surface area (Å²) in [6.45, 7) is 4.69. The molecule has 1 aliphatic rings. The summed E-state index contributed by atoms with van der Waals surface area (Å²) in [6, 6.07) is 60.1. The van der Waals surface area contributed by atoms with Crippen LogP contribution in [0.2, 0.25) is 0 Å². The second-order valence-electron chi connectivity index (χ2n) is 12.9. The molecule has 9 rings (SSSR count). The Morgan fingerprint density at radius 3 is 1.91 bits per heavy atom. The van der Waals surface area contributed by atoms with Crippen molar-refractivity contribution in [3.8, 4) is 22.3 Å². The Morgan fingerprint density at radius 1 is 0.413 bits per heavy atom. The van der Waals surface area contributed by atoms with Gasteiger partial charge in [0.05, 0.1) is 5.69 Å². The molecule has 0 aromatic heterocycles. The van der Waals surface area contributed by atoms with Gasteiger partial charge in [0.25, 0.3) is 0 Å². The number of hydrogen-bond donors (Lipinski definition) is 0. The van der Waals surface area contributed by atoms with E-state index in [1.54, 1.807) is 0 Å². The minimum absolute atomic E-state index is 0.0575. The average Bonchev–Trinajstić information content (AvgIpc) is 3.35. The van der Waals surface area contributed by atoms with Gasteiger partial charge in [-0.15, -0.1) is 0 Å². The van der Waals surface area contributed by atoms with Crippen molar-refractivity contribution in [1.82, 2.24) is 0 Å². The van der Waals surface area contributed by atoms with Crippen molar-refractivity contribution < 1.29 is 0 Å². The molecule has 0 saturated heterocycles. The molecule has 0 unspecified atom stereocenters. The van der Waals surface area contributed by atoms with E-state index in [1.807, 2.05) is 0 Å². The monoisotopic (exact) mass is 587 g/mol. The highest BCUT2D eigenvalue weighted by Crippen LogP contribution is 2.54. The lowest BCUT2D eigenvalue weighted by Gasteiger charge is -2.29. The van der Waals surface area contributed by atoms with Gasteiger partial charge >= 0.3 is 0 Å². The topological polar surface area (TPSA) is 3.24 Å². The van der Waals surface area contributed by atoms with E-state index in [1.165, 1.54) is 71.4 Å². The fourth-order valence-corrected chi connectivity index (χ4v) is 7.83. The highest BCUT2D eigenvalue weighted by molar-refractivity contribution is 6.22. The van der Waals surface area contributed by atoms with Gasteiger partial charge in [-0.1, -0.05) is 147 Å². The van der Waals surface area contributed by atoms with Gasteiger partial charge in [0.1, 0.15) is 0 Å². The largest absolute Gasteiger partial charge is 0.310 e. The Hall–Kier alpha value is -5.66. The molecule has 1 aliphatic carbocycles. The normalized spacial score (nSPS) is 13.2. The number of anilines is 3. The molecule has 8 aromatic carbocycles. The molecule has 0 radical (unpaired) electrons. The van der Waals surface area contributed by atoms with Crippen LogP contribution in [-0.2, 0) is 5.41 Å². The number of hydrogen-bond acceptors (Lipinski definition) is 1. The first-order chi connectivity index (χ1) is 22.6. The summed E-state index contributed by atoms with van der Waals surface area (Å²) < 4.78 is 0. The molecule has 0 N–H and O–H groups in total. The van der Waals surface area contributed by atoms with Gasteiger partial charge in [0.2, 0.25) is 0 Å². The van der Waals surface area contributed by atoms with Crippen LogP contribution in [0.5, 0.6) is 0 Å². The molecule has 0 amide bonds. The predicted octanol–water partition coefficient (Wildman–Crippen LogP) is 12.6. The van der Waals surface area contributed by atoms with Gasteiger partial charge in [0, 0.05) is 22.4 Å². The number of nitrogens with zero attached hydrogens (tertiary/aromatic N) is 1.